The Morgan fingerprint density at radius 2 is 2.11 bits per heavy atom. The number of aliphatic hydroxyl groups is 1. The van der Waals surface area contributed by atoms with Crippen molar-refractivity contribution >= 4 is 27.3 Å². The Hall–Kier alpha value is -0.930. The second kappa shape index (κ2) is 7.01. The average molecular weight is 313 g/mol. The maximum absolute atomic E-state index is 13.6. The van der Waals surface area contributed by atoms with E-state index < -0.39 is 20.7 Å². The summed E-state index contributed by atoms with van der Waals surface area (Å²) in [5.41, 5.74) is 5.47. The molecule has 0 aromatic heterocycles. The minimum Gasteiger partial charge on any atom is -0.399 e. The molecule has 0 atom stereocenters. The van der Waals surface area contributed by atoms with Crippen LogP contribution in [0.5, 0.6) is 0 Å². The van der Waals surface area contributed by atoms with Crippen molar-refractivity contribution in [2.75, 3.05) is 32.1 Å². The first-order valence-electron chi connectivity index (χ1n) is 5.31. The third kappa shape index (κ3) is 4.59. The van der Waals surface area contributed by atoms with E-state index in [0.29, 0.717) is 0 Å². The van der Waals surface area contributed by atoms with Crippen molar-refractivity contribution in [2.45, 2.75) is 4.90 Å². The summed E-state index contributed by atoms with van der Waals surface area (Å²) in [6.07, 6.45) is 0. The minimum absolute atomic E-state index is 0.0447. The standard InChI is InChI=1S/C10H14ClFN2O4S/c11-8-5-7(13)6-9(10(8)12)19(16,17)14-1-3-18-4-2-15/h5-6,14-15H,1-4,13H2. The van der Waals surface area contributed by atoms with Gasteiger partial charge in [0.2, 0.25) is 10.0 Å². The molecule has 0 amide bonds. The summed E-state index contributed by atoms with van der Waals surface area (Å²) in [6.45, 7) is -0.0714. The second-order valence-corrected chi connectivity index (χ2v) is 5.69. The van der Waals surface area contributed by atoms with Gasteiger partial charge in [-0.25, -0.2) is 17.5 Å². The lowest BCUT2D eigenvalue weighted by Crippen LogP contribution is -2.28. The van der Waals surface area contributed by atoms with E-state index in [1.807, 2.05) is 0 Å². The number of halogens is 2. The van der Waals surface area contributed by atoms with Gasteiger partial charge in [0, 0.05) is 12.2 Å². The minimum atomic E-state index is -4.06. The quantitative estimate of drug-likeness (QED) is 0.498. The normalized spacial score (nSPS) is 11.7. The lowest BCUT2D eigenvalue weighted by Gasteiger charge is -2.09. The van der Waals surface area contributed by atoms with Gasteiger partial charge in [-0.3, -0.25) is 0 Å². The van der Waals surface area contributed by atoms with Gasteiger partial charge in [-0.15, -0.1) is 0 Å². The van der Waals surface area contributed by atoms with Crippen molar-refractivity contribution in [1.82, 2.24) is 4.72 Å². The van der Waals surface area contributed by atoms with Gasteiger partial charge in [0.15, 0.2) is 5.82 Å². The molecule has 0 aliphatic heterocycles. The highest BCUT2D eigenvalue weighted by Gasteiger charge is 2.21. The number of rotatable bonds is 7. The third-order valence-electron chi connectivity index (χ3n) is 2.08. The summed E-state index contributed by atoms with van der Waals surface area (Å²) in [5, 5.41) is 8.10. The Morgan fingerprint density at radius 3 is 2.74 bits per heavy atom. The number of ether oxygens (including phenoxy) is 1. The largest absolute Gasteiger partial charge is 0.399 e. The number of nitrogens with two attached hydrogens (primary N) is 1. The van der Waals surface area contributed by atoms with Crippen LogP contribution in [0, 0.1) is 5.82 Å². The van der Waals surface area contributed by atoms with E-state index in [1.54, 1.807) is 0 Å². The molecule has 108 valence electrons. The van der Waals surface area contributed by atoms with Crippen molar-refractivity contribution in [1.29, 1.82) is 0 Å². The highest BCUT2D eigenvalue weighted by atomic mass is 35.5. The van der Waals surface area contributed by atoms with Gasteiger partial charge >= 0.3 is 0 Å². The Labute approximate surface area is 115 Å². The molecule has 1 aromatic rings. The summed E-state index contributed by atoms with van der Waals surface area (Å²) in [4.78, 5) is -0.611. The fraction of sp³-hybridized carbons (Fsp3) is 0.400. The summed E-state index contributed by atoms with van der Waals surface area (Å²) in [7, 11) is -4.06. The van der Waals surface area contributed by atoms with Crippen LogP contribution in [0.1, 0.15) is 0 Å². The molecule has 0 bridgehead atoms. The predicted molar refractivity (Wildman–Crippen MR) is 68.9 cm³/mol. The van der Waals surface area contributed by atoms with E-state index in [9.17, 15) is 12.8 Å². The van der Waals surface area contributed by atoms with Gasteiger partial charge in [-0.05, 0) is 12.1 Å². The van der Waals surface area contributed by atoms with E-state index >= 15 is 0 Å². The van der Waals surface area contributed by atoms with Crippen LogP contribution in [-0.2, 0) is 14.8 Å². The SMILES string of the molecule is Nc1cc(Cl)c(F)c(S(=O)(=O)NCCOCCO)c1. The first kappa shape index (κ1) is 16.1. The molecule has 1 aromatic carbocycles. The lowest BCUT2D eigenvalue weighted by atomic mass is 10.3. The molecular weight excluding hydrogens is 299 g/mol. The number of hydrogen-bond donors (Lipinski definition) is 3. The predicted octanol–water partition coefficient (Wildman–Crippen LogP) is 0.348. The molecule has 0 saturated carbocycles. The molecule has 9 heteroatoms. The van der Waals surface area contributed by atoms with Crippen LogP contribution < -0.4 is 10.5 Å². The first-order chi connectivity index (χ1) is 8.88. The zero-order valence-electron chi connectivity index (χ0n) is 9.90. The van der Waals surface area contributed by atoms with Crippen LogP contribution in [0.15, 0.2) is 17.0 Å². The van der Waals surface area contributed by atoms with Crippen LogP contribution in [0.3, 0.4) is 0 Å². The topological polar surface area (TPSA) is 102 Å². The number of nitrogens with one attached hydrogen (secondary N) is 1. The zero-order valence-corrected chi connectivity index (χ0v) is 11.5. The van der Waals surface area contributed by atoms with Crippen molar-refractivity contribution < 1.29 is 22.7 Å². The van der Waals surface area contributed by atoms with E-state index in [1.165, 1.54) is 0 Å². The van der Waals surface area contributed by atoms with Gasteiger partial charge in [0.1, 0.15) is 4.90 Å². The Kier molecular flexibility index (Phi) is 5.95. The zero-order chi connectivity index (χ0) is 14.5. The number of hydrogen-bond acceptors (Lipinski definition) is 5. The number of sulfonamides is 1. The molecule has 4 N–H and O–H groups in total. The monoisotopic (exact) mass is 312 g/mol. The molecule has 0 radical (unpaired) electrons. The molecule has 0 aliphatic carbocycles. The van der Waals surface area contributed by atoms with Gasteiger partial charge in [0.05, 0.1) is 24.8 Å². The van der Waals surface area contributed by atoms with E-state index in [0.717, 1.165) is 12.1 Å². The lowest BCUT2D eigenvalue weighted by molar-refractivity contribution is 0.0961. The number of benzene rings is 1. The Balaban J connectivity index is 2.78. The van der Waals surface area contributed by atoms with Crippen LogP contribution in [0.2, 0.25) is 5.02 Å². The maximum atomic E-state index is 13.6. The van der Waals surface area contributed by atoms with Gasteiger partial charge in [-0.2, -0.15) is 0 Å². The summed E-state index contributed by atoms with van der Waals surface area (Å²) in [6, 6.07) is 2.11. The Morgan fingerprint density at radius 1 is 1.42 bits per heavy atom. The molecule has 0 saturated heterocycles. The fourth-order valence-electron chi connectivity index (χ4n) is 1.27. The summed E-state index contributed by atoms with van der Waals surface area (Å²) < 4.78 is 44.3. The number of aliphatic hydroxyl groups excluding tert-OH is 1. The third-order valence-corrected chi connectivity index (χ3v) is 3.82. The molecule has 0 heterocycles. The highest BCUT2D eigenvalue weighted by Crippen LogP contribution is 2.25. The van der Waals surface area contributed by atoms with E-state index in [4.69, 9.17) is 27.2 Å². The molecule has 0 spiro atoms. The van der Waals surface area contributed by atoms with Crippen LogP contribution in [-0.4, -0.2) is 39.9 Å². The average Bonchev–Trinajstić information content (AvgIpc) is 2.33. The van der Waals surface area contributed by atoms with Crippen molar-refractivity contribution in [3.05, 3.63) is 23.0 Å². The van der Waals surface area contributed by atoms with Crippen molar-refractivity contribution in [3.8, 4) is 0 Å². The Bertz CT molecular complexity index is 539. The van der Waals surface area contributed by atoms with E-state index in [2.05, 4.69) is 4.72 Å². The van der Waals surface area contributed by atoms with Crippen molar-refractivity contribution in [3.63, 3.8) is 0 Å². The fourth-order valence-corrected chi connectivity index (χ4v) is 2.70. The van der Waals surface area contributed by atoms with Crippen LogP contribution in [0.4, 0.5) is 10.1 Å². The molecule has 0 aliphatic rings. The highest BCUT2D eigenvalue weighted by molar-refractivity contribution is 7.89. The summed E-state index contributed by atoms with van der Waals surface area (Å²) >= 11 is 5.53. The van der Waals surface area contributed by atoms with Gasteiger partial charge in [0.25, 0.3) is 0 Å². The number of anilines is 1. The maximum Gasteiger partial charge on any atom is 0.243 e. The summed E-state index contributed by atoms with van der Waals surface area (Å²) in [5.74, 6) is -1.06. The van der Waals surface area contributed by atoms with E-state index in [-0.39, 0.29) is 37.1 Å². The molecule has 19 heavy (non-hydrogen) atoms. The van der Waals surface area contributed by atoms with Crippen LogP contribution >= 0.6 is 11.6 Å². The molecule has 1 rings (SSSR count). The smallest absolute Gasteiger partial charge is 0.243 e. The molecular formula is C10H14ClFN2O4S. The number of nitrogen functional groups attached to an aromatic ring is 1. The van der Waals surface area contributed by atoms with Crippen LogP contribution in [0.25, 0.3) is 0 Å². The molecule has 0 fully saturated rings. The molecule has 0 unspecified atom stereocenters. The van der Waals surface area contributed by atoms with Gasteiger partial charge in [-0.1, -0.05) is 11.6 Å². The first-order valence-corrected chi connectivity index (χ1v) is 7.17. The molecule has 6 nitrogen and oxygen atoms in total. The van der Waals surface area contributed by atoms with Gasteiger partial charge < -0.3 is 15.6 Å². The second-order valence-electron chi connectivity index (χ2n) is 3.55. The van der Waals surface area contributed by atoms with Crippen molar-refractivity contribution in [2.24, 2.45) is 0 Å².